The fourth-order valence-corrected chi connectivity index (χ4v) is 4.48. The van der Waals surface area contributed by atoms with Crippen LogP contribution in [-0.2, 0) is 5.54 Å². The summed E-state index contributed by atoms with van der Waals surface area (Å²) in [6.07, 6.45) is 5.04. The molecular weight excluding hydrogens is 308 g/mol. The van der Waals surface area contributed by atoms with Crippen molar-refractivity contribution in [2.24, 2.45) is 0 Å². The van der Waals surface area contributed by atoms with Crippen molar-refractivity contribution >= 4 is 0 Å². The second-order valence-corrected chi connectivity index (χ2v) is 7.19. The zero-order valence-electron chi connectivity index (χ0n) is 14.7. The van der Waals surface area contributed by atoms with E-state index in [1.165, 1.54) is 43.5 Å². The fraction of sp³-hybridized carbons (Fsp3) is 0.409. The fourth-order valence-electron chi connectivity index (χ4n) is 4.48. The molecule has 0 N–H and O–H groups in total. The van der Waals surface area contributed by atoms with Crippen molar-refractivity contribution in [1.29, 1.82) is 5.26 Å². The first-order chi connectivity index (χ1) is 12.3. The van der Waals surface area contributed by atoms with Gasteiger partial charge in [0.05, 0.1) is 24.3 Å². The van der Waals surface area contributed by atoms with Crippen molar-refractivity contribution in [2.45, 2.75) is 37.1 Å². The van der Waals surface area contributed by atoms with Gasteiger partial charge in [-0.25, -0.2) is 0 Å². The second-order valence-electron chi connectivity index (χ2n) is 7.19. The van der Waals surface area contributed by atoms with E-state index in [4.69, 9.17) is 10.00 Å². The lowest BCUT2D eigenvalue weighted by Gasteiger charge is -2.36. The lowest BCUT2D eigenvalue weighted by atomic mass is 9.94. The molecule has 0 bridgehead atoms. The van der Waals surface area contributed by atoms with Crippen molar-refractivity contribution in [1.82, 2.24) is 4.90 Å². The Labute approximate surface area is 149 Å². The predicted octanol–water partition coefficient (Wildman–Crippen LogP) is 4.44. The van der Waals surface area contributed by atoms with Crippen molar-refractivity contribution < 1.29 is 4.74 Å². The van der Waals surface area contributed by atoms with Gasteiger partial charge in [0.1, 0.15) is 5.75 Å². The van der Waals surface area contributed by atoms with E-state index < -0.39 is 0 Å². The van der Waals surface area contributed by atoms with E-state index in [1.807, 2.05) is 18.2 Å². The second kappa shape index (κ2) is 6.54. The average Bonchev–Trinajstić information content (AvgIpc) is 3.46. The Hall–Kier alpha value is -2.31. The van der Waals surface area contributed by atoms with Crippen LogP contribution >= 0.6 is 0 Å². The lowest BCUT2D eigenvalue weighted by Crippen LogP contribution is -2.40. The van der Waals surface area contributed by atoms with Crippen LogP contribution in [0, 0.1) is 11.3 Å². The van der Waals surface area contributed by atoms with Gasteiger partial charge in [-0.15, -0.1) is 0 Å². The van der Waals surface area contributed by atoms with Crippen LogP contribution in [-0.4, -0.2) is 25.1 Å². The molecule has 1 aliphatic heterocycles. The molecule has 2 aromatic rings. The SMILES string of the molecule is COc1cccc([C@H]2C[C@@]2(c2ccc(C#N)cc2)N2CCCCC2)c1. The normalized spacial score (nSPS) is 26.0. The largest absolute Gasteiger partial charge is 0.497 e. The van der Waals surface area contributed by atoms with Crippen LogP contribution in [0.2, 0.25) is 0 Å². The summed E-state index contributed by atoms with van der Waals surface area (Å²) in [5.74, 6) is 1.42. The molecule has 3 heteroatoms. The van der Waals surface area contributed by atoms with Crippen molar-refractivity contribution in [3.8, 4) is 11.8 Å². The van der Waals surface area contributed by atoms with E-state index in [1.54, 1.807) is 7.11 Å². The van der Waals surface area contributed by atoms with E-state index in [0.29, 0.717) is 5.92 Å². The van der Waals surface area contributed by atoms with E-state index in [2.05, 4.69) is 41.3 Å². The number of rotatable bonds is 4. The van der Waals surface area contributed by atoms with E-state index in [-0.39, 0.29) is 5.54 Å². The third-order valence-corrected chi connectivity index (χ3v) is 5.86. The van der Waals surface area contributed by atoms with Crippen molar-refractivity contribution in [2.75, 3.05) is 20.2 Å². The molecule has 3 nitrogen and oxygen atoms in total. The average molecular weight is 332 g/mol. The van der Waals surface area contributed by atoms with Crippen LogP contribution in [0.25, 0.3) is 0 Å². The van der Waals surface area contributed by atoms with Gasteiger partial charge in [0.25, 0.3) is 0 Å². The Balaban J connectivity index is 1.71. The summed E-state index contributed by atoms with van der Waals surface area (Å²) in [5.41, 5.74) is 3.52. The first-order valence-corrected chi connectivity index (χ1v) is 9.17. The molecule has 1 saturated heterocycles. The van der Waals surface area contributed by atoms with E-state index in [9.17, 15) is 0 Å². The van der Waals surface area contributed by atoms with Gasteiger partial charge in [-0.2, -0.15) is 5.26 Å². The molecular formula is C22H24N2O. The van der Waals surface area contributed by atoms with E-state index in [0.717, 1.165) is 17.7 Å². The molecule has 1 saturated carbocycles. The van der Waals surface area contributed by atoms with Crippen molar-refractivity contribution in [3.05, 3.63) is 65.2 Å². The number of hydrogen-bond donors (Lipinski definition) is 0. The number of hydrogen-bond acceptors (Lipinski definition) is 3. The molecule has 0 unspecified atom stereocenters. The summed E-state index contributed by atoms with van der Waals surface area (Å²) in [5, 5.41) is 9.11. The maximum atomic E-state index is 9.11. The van der Waals surface area contributed by atoms with Crippen LogP contribution in [0.4, 0.5) is 0 Å². The van der Waals surface area contributed by atoms with Gasteiger partial charge in [0.2, 0.25) is 0 Å². The summed E-state index contributed by atoms with van der Waals surface area (Å²) < 4.78 is 5.43. The summed E-state index contributed by atoms with van der Waals surface area (Å²) in [6, 6.07) is 19.0. The molecule has 2 aliphatic rings. The highest BCUT2D eigenvalue weighted by Crippen LogP contribution is 2.63. The van der Waals surface area contributed by atoms with Crippen LogP contribution < -0.4 is 4.74 Å². The predicted molar refractivity (Wildman–Crippen MR) is 98.6 cm³/mol. The Morgan fingerprint density at radius 1 is 1.08 bits per heavy atom. The van der Waals surface area contributed by atoms with Gasteiger partial charge in [-0.3, -0.25) is 4.90 Å². The van der Waals surface area contributed by atoms with Crippen LogP contribution in [0.3, 0.4) is 0 Å². The van der Waals surface area contributed by atoms with Gasteiger partial charge < -0.3 is 4.74 Å². The Morgan fingerprint density at radius 3 is 2.52 bits per heavy atom. The highest BCUT2D eigenvalue weighted by molar-refractivity contribution is 5.46. The standard InChI is InChI=1S/C22H24N2O/c1-25-20-7-5-6-18(14-20)21-15-22(21,24-12-3-2-4-13-24)19-10-8-17(16-23)9-11-19/h5-11,14,21H,2-4,12-13,15H2,1H3/t21-,22+/m1/s1. The monoisotopic (exact) mass is 332 g/mol. The first kappa shape index (κ1) is 16.2. The highest BCUT2D eigenvalue weighted by atomic mass is 16.5. The molecule has 0 amide bonds. The summed E-state index contributed by atoms with van der Waals surface area (Å²) >= 11 is 0. The summed E-state index contributed by atoms with van der Waals surface area (Å²) in [6.45, 7) is 2.33. The number of nitriles is 1. The molecule has 1 heterocycles. The molecule has 0 radical (unpaired) electrons. The highest BCUT2D eigenvalue weighted by Gasteiger charge is 2.59. The summed E-state index contributed by atoms with van der Waals surface area (Å²) in [4.78, 5) is 2.68. The maximum absolute atomic E-state index is 9.11. The van der Waals surface area contributed by atoms with Gasteiger partial charge in [0, 0.05) is 5.92 Å². The molecule has 128 valence electrons. The quantitative estimate of drug-likeness (QED) is 0.831. The zero-order valence-corrected chi connectivity index (χ0v) is 14.7. The van der Waals surface area contributed by atoms with Gasteiger partial charge in [-0.05, 0) is 67.7 Å². The third-order valence-electron chi connectivity index (χ3n) is 5.86. The van der Waals surface area contributed by atoms with Gasteiger partial charge in [-0.1, -0.05) is 30.7 Å². The molecule has 0 spiro atoms. The van der Waals surface area contributed by atoms with Gasteiger partial charge >= 0.3 is 0 Å². The number of benzene rings is 2. The minimum atomic E-state index is 0.0841. The van der Waals surface area contributed by atoms with E-state index >= 15 is 0 Å². The first-order valence-electron chi connectivity index (χ1n) is 9.17. The lowest BCUT2D eigenvalue weighted by molar-refractivity contribution is 0.140. The zero-order chi connectivity index (χ0) is 17.3. The minimum Gasteiger partial charge on any atom is -0.497 e. The number of likely N-dealkylation sites (tertiary alicyclic amines) is 1. The number of piperidine rings is 1. The smallest absolute Gasteiger partial charge is 0.119 e. The maximum Gasteiger partial charge on any atom is 0.119 e. The Morgan fingerprint density at radius 2 is 1.84 bits per heavy atom. The van der Waals surface area contributed by atoms with Crippen LogP contribution in [0.15, 0.2) is 48.5 Å². The number of methoxy groups -OCH3 is 1. The topological polar surface area (TPSA) is 36.3 Å². The number of nitrogens with zero attached hydrogens (tertiary/aromatic N) is 2. The third kappa shape index (κ3) is 2.81. The number of ether oxygens (including phenoxy) is 1. The molecule has 0 aromatic heterocycles. The molecule has 1 aliphatic carbocycles. The molecule has 4 rings (SSSR count). The minimum absolute atomic E-state index is 0.0841. The Kier molecular flexibility index (Phi) is 4.23. The van der Waals surface area contributed by atoms with Crippen LogP contribution in [0.5, 0.6) is 5.75 Å². The van der Waals surface area contributed by atoms with Crippen molar-refractivity contribution in [3.63, 3.8) is 0 Å². The Bertz CT molecular complexity index is 786. The molecule has 2 atom stereocenters. The van der Waals surface area contributed by atoms with Gasteiger partial charge in [0.15, 0.2) is 0 Å². The molecule has 2 aromatic carbocycles. The molecule has 25 heavy (non-hydrogen) atoms. The molecule has 2 fully saturated rings. The van der Waals surface area contributed by atoms with Crippen LogP contribution in [0.1, 0.15) is 48.3 Å². The summed E-state index contributed by atoms with van der Waals surface area (Å²) in [7, 11) is 1.73.